The minimum Gasteiger partial charge on any atom is -0.497 e. The van der Waals surface area contributed by atoms with Crippen LogP contribution in [0.25, 0.3) is 0 Å². The van der Waals surface area contributed by atoms with E-state index in [4.69, 9.17) is 4.74 Å². The predicted octanol–water partition coefficient (Wildman–Crippen LogP) is 2.21. The number of piperazine rings is 1. The van der Waals surface area contributed by atoms with E-state index < -0.39 is 0 Å². The first-order valence-corrected chi connectivity index (χ1v) is 8.02. The summed E-state index contributed by atoms with van der Waals surface area (Å²) in [5, 5.41) is 3.23. The molecule has 1 aromatic rings. The van der Waals surface area contributed by atoms with Crippen molar-refractivity contribution < 1.29 is 4.74 Å². The first kappa shape index (κ1) is 16.1. The Morgan fingerprint density at radius 3 is 2.38 bits per heavy atom. The van der Waals surface area contributed by atoms with Crippen LogP contribution in [0, 0.1) is 0 Å². The summed E-state index contributed by atoms with van der Waals surface area (Å²) < 4.78 is 5.22. The maximum absolute atomic E-state index is 5.22. The van der Waals surface area contributed by atoms with E-state index in [1.165, 1.54) is 18.5 Å². The van der Waals surface area contributed by atoms with Crippen molar-refractivity contribution in [1.29, 1.82) is 0 Å². The highest BCUT2D eigenvalue weighted by molar-refractivity contribution is 5.49. The lowest BCUT2D eigenvalue weighted by molar-refractivity contribution is 0.186. The van der Waals surface area contributed by atoms with Crippen molar-refractivity contribution in [3.63, 3.8) is 0 Å². The van der Waals surface area contributed by atoms with E-state index >= 15 is 0 Å². The number of anilines is 1. The van der Waals surface area contributed by atoms with Gasteiger partial charge in [-0.3, -0.25) is 4.90 Å². The zero-order valence-corrected chi connectivity index (χ0v) is 13.6. The summed E-state index contributed by atoms with van der Waals surface area (Å²) >= 11 is 0. The maximum atomic E-state index is 5.22. The van der Waals surface area contributed by atoms with E-state index in [1.807, 2.05) is 19.2 Å². The van der Waals surface area contributed by atoms with Crippen molar-refractivity contribution in [3.05, 3.63) is 24.3 Å². The second kappa shape index (κ2) is 8.25. The summed E-state index contributed by atoms with van der Waals surface area (Å²) in [5.74, 6) is 0.926. The number of rotatable bonds is 7. The minimum atomic E-state index is 0.691. The summed E-state index contributed by atoms with van der Waals surface area (Å²) in [5.41, 5.74) is 1.30. The molecule has 1 unspecified atom stereocenters. The molecule has 1 atom stereocenters. The second-order valence-electron chi connectivity index (χ2n) is 5.82. The van der Waals surface area contributed by atoms with Crippen molar-refractivity contribution in [3.8, 4) is 5.75 Å². The van der Waals surface area contributed by atoms with Crippen LogP contribution in [0.2, 0.25) is 0 Å². The number of hydrogen-bond acceptors (Lipinski definition) is 4. The van der Waals surface area contributed by atoms with E-state index in [9.17, 15) is 0 Å². The summed E-state index contributed by atoms with van der Waals surface area (Å²) in [6.07, 6.45) is 2.54. The molecule has 0 bridgehead atoms. The van der Waals surface area contributed by atoms with Crippen molar-refractivity contribution in [2.24, 2.45) is 0 Å². The van der Waals surface area contributed by atoms with Gasteiger partial charge in [0.15, 0.2) is 0 Å². The summed E-state index contributed by atoms with van der Waals surface area (Å²) in [6.45, 7) is 8.03. The Morgan fingerprint density at radius 1 is 1.14 bits per heavy atom. The van der Waals surface area contributed by atoms with E-state index in [0.717, 1.165) is 38.5 Å². The van der Waals surface area contributed by atoms with Gasteiger partial charge in [0.25, 0.3) is 0 Å². The third kappa shape index (κ3) is 4.61. The van der Waals surface area contributed by atoms with Gasteiger partial charge in [0, 0.05) is 37.9 Å². The normalized spacial score (nSPS) is 17.8. The van der Waals surface area contributed by atoms with Gasteiger partial charge in [-0.05, 0) is 57.6 Å². The predicted molar refractivity (Wildman–Crippen MR) is 89.4 cm³/mol. The second-order valence-corrected chi connectivity index (χ2v) is 5.82. The van der Waals surface area contributed by atoms with Gasteiger partial charge in [0.05, 0.1) is 7.11 Å². The molecule has 1 aliphatic heterocycles. The fraction of sp³-hybridized carbons (Fsp3) is 0.647. The van der Waals surface area contributed by atoms with Gasteiger partial charge >= 0.3 is 0 Å². The molecule has 0 spiro atoms. The highest BCUT2D eigenvalue weighted by atomic mass is 16.5. The number of nitrogens with zero attached hydrogens (tertiary/aromatic N) is 2. The maximum Gasteiger partial charge on any atom is 0.119 e. The summed E-state index contributed by atoms with van der Waals surface area (Å²) in [6, 6.07) is 9.09. The number of benzene rings is 1. The van der Waals surface area contributed by atoms with E-state index in [0.29, 0.717) is 6.04 Å². The van der Waals surface area contributed by atoms with Gasteiger partial charge in [0.1, 0.15) is 5.75 Å². The van der Waals surface area contributed by atoms with E-state index in [-0.39, 0.29) is 0 Å². The SMILES string of the molecule is CNCCCC(C)N1CCN(c2ccc(OC)cc2)CC1. The molecule has 0 radical (unpaired) electrons. The van der Waals surface area contributed by atoms with Gasteiger partial charge in [-0.1, -0.05) is 0 Å². The van der Waals surface area contributed by atoms with Crippen LogP contribution in [0.15, 0.2) is 24.3 Å². The lowest BCUT2D eigenvalue weighted by Crippen LogP contribution is -2.49. The molecule has 0 amide bonds. The Morgan fingerprint density at radius 2 is 1.81 bits per heavy atom. The van der Waals surface area contributed by atoms with Crippen molar-refractivity contribution in [2.45, 2.75) is 25.8 Å². The number of ether oxygens (including phenoxy) is 1. The minimum absolute atomic E-state index is 0.691. The third-order valence-electron chi connectivity index (χ3n) is 4.42. The molecule has 0 aromatic heterocycles. The third-order valence-corrected chi connectivity index (χ3v) is 4.42. The average molecular weight is 291 g/mol. The molecule has 1 fully saturated rings. The van der Waals surface area contributed by atoms with Crippen LogP contribution in [0.1, 0.15) is 19.8 Å². The van der Waals surface area contributed by atoms with Gasteiger partial charge < -0.3 is 15.0 Å². The largest absolute Gasteiger partial charge is 0.497 e. The zero-order chi connectivity index (χ0) is 15.1. The molecule has 1 saturated heterocycles. The zero-order valence-electron chi connectivity index (χ0n) is 13.6. The molecule has 1 N–H and O–H groups in total. The molecule has 1 aromatic carbocycles. The van der Waals surface area contributed by atoms with E-state index in [2.05, 4.69) is 34.2 Å². The van der Waals surface area contributed by atoms with Gasteiger partial charge in [0.2, 0.25) is 0 Å². The average Bonchev–Trinajstić information content (AvgIpc) is 2.55. The number of hydrogen-bond donors (Lipinski definition) is 1. The Hall–Kier alpha value is -1.26. The van der Waals surface area contributed by atoms with Crippen LogP contribution in [0.5, 0.6) is 5.75 Å². The standard InChI is InChI=1S/C17H29N3O/c1-15(5-4-10-18-2)19-11-13-20(14-12-19)16-6-8-17(21-3)9-7-16/h6-9,15,18H,4-5,10-14H2,1-3H3. The molecule has 0 aliphatic carbocycles. The topological polar surface area (TPSA) is 27.7 Å². The highest BCUT2D eigenvalue weighted by Gasteiger charge is 2.20. The molecule has 0 saturated carbocycles. The monoisotopic (exact) mass is 291 g/mol. The number of methoxy groups -OCH3 is 1. The number of nitrogens with one attached hydrogen (secondary N) is 1. The van der Waals surface area contributed by atoms with E-state index in [1.54, 1.807) is 7.11 Å². The molecule has 4 heteroatoms. The Labute approximate surface area is 129 Å². The molecular formula is C17H29N3O. The fourth-order valence-corrected chi connectivity index (χ4v) is 2.97. The van der Waals surface area contributed by atoms with Gasteiger partial charge in [-0.2, -0.15) is 0 Å². The first-order valence-electron chi connectivity index (χ1n) is 8.02. The Balaban J connectivity index is 1.79. The van der Waals surface area contributed by atoms with Crippen LogP contribution in [-0.4, -0.2) is 57.8 Å². The lowest BCUT2D eigenvalue weighted by Gasteiger charge is -2.39. The van der Waals surface area contributed by atoms with Gasteiger partial charge in [-0.15, -0.1) is 0 Å². The molecule has 1 heterocycles. The molecular weight excluding hydrogens is 262 g/mol. The van der Waals surface area contributed by atoms with Gasteiger partial charge in [-0.25, -0.2) is 0 Å². The molecule has 21 heavy (non-hydrogen) atoms. The van der Waals surface area contributed by atoms with Crippen molar-refractivity contribution in [2.75, 3.05) is 51.8 Å². The van der Waals surface area contributed by atoms with Crippen LogP contribution in [0.4, 0.5) is 5.69 Å². The molecule has 118 valence electrons. The molecule has 4 nitrogen and oxygen atoms in total. The molecule has 1 aliphatic rings. The van der Waals surface area contributed by atoms with Crippen LogP contribution in [0.3, 0.4) is 0 Å². The Kier molecular flexibility index (Phi) is 6.33. The van der Waals surface area contributed by atoms with Crippen molar-refractivity contribution in [1.82, 2.24) is 10.2 Å². The molecule has 2 rings (SSSR count). The van der Waals surface area contributed by atoms with Crippen LogP contribution >= 0.6 is 0 Å². The summed E-state index contributed by atoms with van der Waals surface area (Å²) in [4.78, 5) is 5.09. The quantitative estimate of drug-likeness (QED) is 0.780. The Bertz CT molecular complexity index is 399. The van der Waals surface area contributed by atoms with Crippen LogP contribution in [-0.2, 0) is 0 Å². The highest BCUT2D eigenvalue weighted by Crippen LogP contribution is 2.21. The smallest absolute Gasteiger partial charge is 0.119 e. The van der Waals surface area contributed by atoms with Crippen molar-refractivity contribution >= 4 is 5.69 Å². The summed E-state index contributed by atoms with van der Waals surface area (Å²) in [7, 11) is 3.74. The fourth-order valence-electron chi connectivity index (χ4n) is 2.97. The van der Waals surface area contributed by atoms with Crippen LogP contribution < -0.4 is 15.0 Å². The lowest BCUT2D eigenvalue weighted by atomic mass is 10.1. The first-order chi connectivity index (χ1) is 10.2.